The number of nitrogens with zero attached hydrogens (tertiary/aromatic N) is 2. The number of carbonyl (C=O) groups is 2. The molecule has 1 aliphatic heterocycles. The number of nitrogens with one attached hydrogen (secondary N) is 2. The molecule has 49 heavy (non-hydrogen) atoms. The number of methoxy groups -OCH3 is 1. The number of anilines is 2. The molecule has 3 aromatic rings. The highest BCUT2D eigenvalue weighted by Crippen LogP contribution is 2.42. The van der Waals surface area contributed by atoms with Crippen molar-refractivity contribution < 1.29 is 14.3 Å². The maximum absolute atomic E-state index is 13.0. The number of amides is 1. The second-order valence-electron chi connectivity index (χ2n) is 16.6. The first-order valence-electron chi connectivity index (χ1n) is 19.0. The Labute approximate surface area is 294 Å². The molecule has 266 valence electrons. The molecule has 1 amide bonds. The molecule has 0 bridgehead atoms. The maximum atomic E-state index is 13.0. The lowest BCUT2D eigenvalue weighted by atomic mass is 9.86. The second-order valence-corrected chi connectivity index (χ2v) is 16.6. The van der Waals surface area contributed by atoms with Gasteiger partial charge in [0.15, 0.2) is 5.75 Å². The molecule has 2 saturated carbocycles. The number of benzene rings is 2. The quantitative estimate of drug-likeness (QED) is 0.188. The zero-order valence-electron chi connectivity index (χ0n) is 31.2. The van der Waals surface area contributed by atoms with Crippen molar-refractivity contribution in [3.8, 4) is 5.75 Å². The van der Waals surface area contributed by atoms with Crippen molar-refractivity contribution >= 4 is 34.0 Å². The van der Waals surface area contributed by atoms with Gasteiger partial charge in [-0.1, -0.05) is 64.7 Å². The number of likely N-dealkylation sites (tertiary alicyclic amines) is 1. The number of rotatable bonds is 12. The van der Waals surface area contributed by atoms with Gasteiger partial charge in [-0.05, 0) is 112 Å². The molecule has 4 unspecified atom stereocenters. The van der Waals surface area contributed by atoms with Crippen molar-refractivity contribution in [2.45, 2.75) is 122 Å². The molecule has 3 aliphatic rings. The van der Waals surface area contributed by atoms with E-state index in [4.69, 9.17) is 4.74 Å². The molecule has 1 saturated heterocycles. The van der Waals surface area contributed by atoms with Crippen LogP contribution in [0.2, 0.25) is 0 Å². The van der Waals surface area contributed by atoms with Crippen LogP contribution in [-0.2, 0) is 28.5 Å². The predicted octanol–water partition coefficient (Wildman–Crippen LogP) is 9.19. The summed E-state index contributed by atoms with van der Waals surface area (Å²) in [4.78, 5) is 28.1. The van der Waals surface area contributed by atoms with Crippen LogP contribution in [0.3, 0.4) is 0 Å². The summed E-state index contributed by atoms with van der Waals surface area (Å²) < 4.78 is 8.31. The Hall–Kier alpha value is -3.32. The lowest BCUT2D eigenvalue weighted by Gasteiger charge is -2.26. The first-order valence-corrected chi connectivity index (χ1v) is 19.0. The van der Waals surface area contributed by atoms with Gasteiger partial charge in [0.2, 0.25) is 5.91 Å². The van der Waals surface area contributed by atoms with E-state index in [1.807, 2.05) is 0 Å². The zero-order valence-corrected chi connectivity index (χ0v) is 31.2. The van der Waals surface area contributed by atoms with Crippen LogP contribution in [0.4, 0.5) is 11.4 Å². The van der Waals surface area contributed by atoms with Gasteiger partial charge in [0.25, 0.3) is 0 Å². The topological polar surface area (TPSA) is 75.6 Å². The minimum absolute atomic E-state index is 0.00636. The summed E-state index contributed by atoms with van der Waals surface area (Å²) in [5.74, 6) is 2.64. The molecule has 7 nitrogen and oxygen atoms in total. The van der Waals surface area contributed by atoms with E-state index in [1.54, 1.807) is 7.11 Å². The number of aryl methyl sites for hydroxylation is 2. The fourth-order valence-electron chi connectivity index (χ4n) is 8.55. The smallest absolute Gasteiger partial charge is 0.227 e. The molecule has 6 rings (SSSR count). The van der Waals surface area contributed by atoms with Gasteiger partial charge in [-0.25, -0.2) is 0 Å². The molecular weight excluding hydrogens is 608 g/mol. The number of carbonyl (C=O) groups excluding carboxylic acids is 2. The molecule has 2 heterocycles. The summed E-state index contributed by atoms with van der Waals surface area (Å²) in [5, 5.41) is 8.22. The Morgan fingerprint density at radius 1 is 0.939 bits per heavy atom. The van der Waals surface area contributed by atoms with E-state index in [0.29, 0.717) is 17.5 Å². The fraction of sp³-hybridized carbons (Fsp3) is 0.619. The maximum Gasteiger partial charge on any atom is 0.227 e. The van der Waals surface area contributed by atoms with E-state index in [0.717, 1.165) is 67.9 Å². The molecule has 1 aromatic heterocycles. The van der Waals surface area contributed by atoms with E-state index in [-0.39, 0.29) is 29.3 Å². The third kappa shape index (κ3) is 8.19. The summed E-state index contributed by atoms with van der Waals surface area (Å²) in [6.07, 6.45) is 13.3. The second kappa shape index (κ2) is 14.9. The van der Waals surface area contributed by atoms with Gasteiger partial charge in [-0.2, -0.15) is 0 Å². The first kappa shape index (κ1) is 35.5. The van der Waals surface area contributed by atoms with E-state index in [1.165, 1.54) is 60.7 Å². The van der Waals surface area contributed by atoms with Crippen LogP contribution in [0.15, 0.2) is 36.4 Å². The highest BCUT2D eigenvalue weighted by Gasteiger charge is 2.32. The molecule has 7 heteroatoms. The normalized spacial score (nSPS) is 22.6. The lowest BCUT2D eigenvalue weighted by Crippen LogP contribution is -2.33. The van der Waals surface area contributed by atoms with Gasteiger partial charge in [0.05, 0.1) is 36.1 Å². The standard InChI is InChI=1S/C42H60N4O3/c1-27(43-34-25-33(42(2,3)4)26-35(40(34)49-7)44-41(48)31-20-21-31)37-24-32-14-9-13-30(39(32)46(37)6)19-18-28-11-8-12-29(17-16-28)23-38(47)36-15-10-22-45(36)5/h9,13-14,24-29,31,36,43H,8,10-12,15-23H2,1-7H3,(H,44,48). The van der Waals surface area contributed by atoms with Crippen LogP contribution < -0.4 is 15.4 Å². The number of aromatic nitrogens is 1. The molecule has 4 atom stereocenters. The van der Waals surface area contributed by atoms with E-state index < -0.39 is 0 Å². The van der Waals surface area contributed by atoms with Crippen molar-refractivity contribution in [2.75, 3.05) is 31.3 Å². The molecular formula is C42H60N4O3. The Morgan fingerprint density at radius 2 is 1.67 bits per heavy atom. The lowest BCUT2D eigenvalue weighted by molar-refractivity contribution is -0.124. The number of para-hydroxylation sites is 1. The third-order valence-electron chi connectivity index (χ3n) is 11.8. The minimum Gasteiger partial charge on any atom is -0.492 e. The van der Waals surface area contributed by atoms with Gasteiger partial charge >= 0.3 is 0 Å². The Balaban J connectivity index is 1.14. The monoisotopic (exact) mass is 668 g/mol. The largest absolute Gasteiger partial charge is 0.492 e. The van der Waals surface area contributed by atoms with Crippen molar-refractivity contribution in [1.29, 1.82) is 0 Å². The van der Waals surface area contributed by atoms with E-state index >= 15 is 0 Å². The van der Waals surface area contributed by atoms with Crippen LogP contribution in [0, 0.1) is 17.8 Å². The molecule has 2 aromatic carbocycles. The molecule has 2 N–H and O–H groups in total. The van der Waals surface area contributed by atoms with Crippen LogP contribution in [0.25, 0.3) is 10.9 Å². The Bertz CT molecular complexity index is 1650. The first-order chi connectivity index (χ1) is 23.4. The Kier molecular flexibility index (Phi) is 10.8. The number of hydrogen-bond acceptors (Lipinski definition) is 5. The SMILES string of the molecule is COc1c(NC(=O)C2CC2)cc(C(C)(C)C)cc1NC(C)c1cc2cccc(CCC3CCCC(CC(=O)C4CCCN4C)CC3)c2n1C. The molecule has 3 fully saturated rings. The van der Waals surface area contributed by atoms with Gasteiger partial charge in [-0.15, -0.1) is 0 Å². The number of ketones is 1. The summed E-state index contributed by atoms with van der Waals surface area (Å²) in [6, 6.07) is 13.5. The van der Waals surface area contributed by atoms with E-state index in [2.05, 4.69) is 98.3 Å². The summed E-state index contributed by atoms with van der Waals surface area (Å²) >= 11 is 0. The predicted molar refractivity (Wildman–Crippen MR) is 202 cm³/mol. The van der Waals surface area contributed by atoms with Crippen LogP contribution in [-0.4, -0.2) is 47.9 Å². The average molecular weight is 669 g/mol. The van der Waals surface area contributed by atoms with Crippen LogP contribution >= 0.6 is 0 Å². The summed E-state index contributed by atoms with van der Waals surface area (Å²) in [7, 11) is 5.99. The number of hydrogen-bond donors (Lipinski definition) is 2. The van der Waals surface area contributed by atoms with Gasteiger partial charge in [0.1, 0.15) is 5.78 Å². The van der Waals surface area contributed by atoms with Crippen molar-refractivity contribution in [3.63, 3.8) is 0 Å². The average Bonchev–Trinajstić information content (AvgIpc) is 3.79. The third-order valence-corrected chi connectivity index (χ3v) is 11.8. The zero-order chi connectivity index (χ0) is 34.9. The molecule has 2 aliphatic carbocycles. The van der Waals surface area contributed by atoms with Gasteiger partial charge in [0, 0.05) is 30.5 Å². The Morgan fingerprint density at radius 3 is 2.37 bits per heavy atom. The number of ether oxygens (including phenoxy) is 1. The minimum atomic E-state index is -0.0955. The van der Waals surface area contributed by atoms with Gasteiger partial charge in [-0.3, -0.25) is 14.5 Å². The van der Waals surface area contributed by atoms with Crippen molar-refractivity contribution in [3.05, 3.63) is 53.2 Å². The van der Waals surface area contributed by atoms with Crippen molar-refractivity contribution in [1.82, 2.24) is 9.47 Å². The number of fused-ring (bicyclic) bond motifs is 1. The van der Waals surface area contributed by atoms with Gasteiger partial charge < -0.3 is 19.9 Å². The highest BCUT2D eigenvalue weighted by molar-refractivity contribution is 5.97. The van der Waals surface area contributed by atoms with E-state index in [9.17, 15) is 9.59 Å². The summed E-state index contributed by atoms with van der Waals surface area (Å²) in [5.41, 5.74) is 6.62. The fourth-order valence-corrected chi connectivity index (χ4v) is 8.55. The van der Waals surface area contributed by atoms with Crippen LogP contribution in [0.1, 0.15) is 121 Å². The number of Topliss-reactive ketones (excluding diaryl/α,β-unsaturated/α-hetero) is 1. The molecule has 0 radical (unpaired) electrons. The summed E-state index contributed by atoms with van der Waals surface area (Å²) in [6.45, 7) is 9.87. The molecule has 0 spiro atoms. The van der Waals surface area contributed by atoms with Crippen molar-refractivity contribution in [2.24, 2.45) is 24.8 Å². The number of likely N-dealkylation sites (N-methyl/N-ethyl adjacent to an activating group) is 1. The van der Waals surface area contributed by atoms with Crippen LogP contribution in [0.5, 0.6) is 5.75 Å². The highest BCUT2D eigenvalue weighted by atomic mass is 16.5.